The molecule has 2 fully saturated rings. The van der Waals surface area contributed by atoms with Gasteiger partial charge in [0.05, 0.1) is 6.10 Å². The summed E-state index contributed by atoms with van der Waals surface area (Å²) in [6, 6.07) is 0.394. The van der Waals surface area contributed by atoms with E-state index in [1.165, 1.54) is 30.8 Å². The summed E-state index contributed by atoms with van der Waals surface area (Å²) in [6.07, 6.45) is 4.64. The number of aliphatic hydroxyl groups excluding tert-OH is 1. The molecule has 1 aliphatic heterocycles. The molecule has 0 aromatic heterocycles. The zero-order valence-corrected chi connectivity index (χ0v) is 8.85. The van der Waals surface area contributed by atoms with E-state index in [0.717, 1.165) is 18.9 Å². The first-order valence-corrected chi connectivity index (χ1v) is 6.51. The third-order valence-corrected chi connectivity index (χ3v) is 4.40. The summed E-state index contributed by atoms with van der Waals surface area (Å²) in [5, 5.41) is 13.1. The highest BCUT2D eigenvalue weighted by molar-refractivity contribution is 7.99. The van der Waals surface area contributed by atoms with E-state index >= 15 is 0 Å². The summed E-state index contributed by atoms with van der Waals surface area (Å²) < 4.78 is 0. The number of hydrogen-bond donors (Lipinski definition) is 2. The lowest BCUT2D eigenvalue weighted by Gasteiger charge is -2.18. The van der Waals surface area contributed by atoms with Crippen molar-refractivity contribution in [2.75, 3.05) is 18.1 Å². The maximum atomic E-state index is 9.60. The maximum absolute atomic E-state index is 9.60. The van der Waals surface area contributed by atoms with E-state index in [2.05, 4.69) is 17.1 Å². The lowest BCUT2D eigenvalue weighted by atomic mass is 10.1. The van der Waals surface area contributed by atoms with E-state index in [1.54, 1.807) is 0 Å². The van der Waals surface area contributed by atoms with Crippen molar-refractivity contribution in [3.8, 4) is 0 Å². The number of thioether (sulfide) groups is 1. The molecule has 0 aromatic rings. The quantitative estimate of drug-likeness (QED) is 0.720. The predicted octanol–water partition coefficient (Wildman–Crippen LogP) is 1.24. The lowest BCUT2D eigenvalue weighted by molar-refractivity contribution is 0.147. The Kier molecular flexibility index (Phi) is 3.52. The summed E-state index contributed by atoms with van der Waals surface area (Å²) in [5.74, 6) is 3.51. The second kappa shape index (κ2) is 4.67. The molecule has 13 heavy (non-hydrogen) atoms. The van der Waals surface area contributed by atoms with Crippen LogP contribution in [0.15, 0.2) is 0 Å². The highest BCUT2D eigenvalue weighted by atomic mass is 32.2. The molecule has 2 rings (SSSR count). The highest BCUT2D eigenvalue weighted by Crippen LogP contribution is 2.24. The average molecular weight is 201 g/mol. The molecule has 1 unspecified atom stereocenters. The minimum absolute atomic E-state index is 0.0749. The van der Waals surface area contributed by atoms with Gasteiger partial charge in [0.25, 0.3) is 0 Å². The van der Waals surface area contributed by atoms with Gasteiger partial charge in [-0.2, -0.15) is 11.8 Å². The normalized spacial score (nSPS) is 39.9. The van der Waals surface area contributed by atoms with Gasteiger partial charge in [-0.15, -0.1) is 0 Å². The SMILES string of the molecule is O[C@H]1CCC[C@@H]1NCC1CCSC1. The van der Waals surface area contributed by atoms with Gasteiger partial charge in [0.15, 0.2) is 0 Å². The van der Waals surface area contributed by atoms with E-state index in [-0.39, 0.29) is 6.10 Å². The molecule has 3 heteroatoms. The topological polar surface area (TPSA) is 32.3 Å². The molecule has 2 aliphatic rings. The zero-order chi connectivity index (χ0) is 9.10. The van der Waals surface area contributed by atoms with Gasteiger partial charge >= 0.3 is 0 Å². The Bertz CT molecular complexity index is 159. The van der Waals surface area contributed by atoms with Crippen molar-refractivity contribution >= 4 is 11.8 Å². The van der Waals surface area contributed by atoms with Crippen LogP contribution < -0.4 is 5.32 Å². The number of aliphatic hydroxyl groups is 1. The summed E-state index contributed by atoms with van der Waals surface area (Å²) in [6.45, 7) is 1.12. The molecule has 1 saturated heterocycles. The largest absolute Gasteiger partial charge is 0.392 e. The monoisotopic (exact) mass is 201 g/mol. The van der Waals surface area contributed by atoms with Crippen LogP contribution in [0, 0.1) is 5.92 Å². The van der Waals surface area contributed by atoms with Gasteiger partial charge in [0.2, 0.25) is 0 Å². The average Bonchev–Trinajstić information content (AvgIpc) is 2.72. The molecule has 2 N–H and O–H groups in total. The molecular weight excluding hydrogens is 182 g/mol. The summed E-state index contributed by atoms with van der Waals surface area (Å²) in [7, 11) is 0. The van der Waals surface area contributed by atoms with Crippen molar-refractivity contribution in [3.05, 3.63) is 0 Å². The fraction of sp³-hybridized carbons (Fsp3) is 1.00. The first-order valence-electron chi connectivity index (χ1n) is 5.35. The van der Waals surface area contributed by atoms with E-state index in [1.807, 2.05) is 0 Å². The van der Waals surface area contributed by atoms with Crippen molar-refractivity contribution < 1.29 is 5.11 Å². The van der Waals surface area contributed by atoms with Crippen LogP contribution in [0.1, 0.15) is 25.7 Å². The van der Waals surface area contributed by atoms with Crippen LogP contribution >= 0.6 is 11.8 Å². The van der Waals surface area contributed by atoms with E-state index < -0.39 is 0 Å². The van der Waals surface area contributed by atoms with Crippen LogP contribution in [0.5, 0.6) is 0 Å². The van der Waals surface area contributed by atoms with Crippen LogP contribution in [0.2, 0.25) is 0 Å². The minimum Gasteiger partial charge on any atom is -0.392 e. The smallest absolute Gasteiger partial charge is 0.0693 e. The molecule has 0 amide bonds. The fourth-order valence-electron chi connectivity index (χ4n) is 2.24. The Morgan fingerprint density at radius 3 is 2.85 bits per heavy atom. The molecule has 2 nitrogen and oxygen atoms in total. The Morgan fingerprint density at radius 1 is 1.31 bits per heavy atom. The molecule has 0 radical (unpaired) electrons. The third kappa shape index (κ3) is 2.61. The molecule has 1 aliphatic carbocycles. The molecule has 3 atom stereocenters. The predicted molar refractivity (Wildman–Crippen MR) is 57.1 cm³/mol. The Hall–Kier alpha value is 0.270. The Morgan fingerprint density at radius 2 is 2.23 bits per heavy atom. The minimum atomic E-state index is -0.0749. The number of rotatable bonds is 3. The Balaban J connectivity index is 1.66. The van der Waals surface area contributed by atoms with Crippen LogP contribution in [0.4, 0.5) is 0 Å². The molecular formula is C10H19NOS. The van der Waals surface area contributed by atoms with E-state index in [4.69, 9.17) is 0 Å². The summed E-state index contributed by atoms with van der Waals surface area (Å²) in [5.41, 5.74) is 0. The van der Waals surface area contributed by atoms with Crippen molar-refractivity contribution in [2.45, 2.75) is 37.8 Å². The van der Waals surface area contributed by atoms with Crippen molar-refractivity contribution in [2.24, 2.45) is 5.92 Å². The van der Waals surface area contributed by atoms with Crippen LogP contribution in [-0.4, -0.2) is 35.3 Å². The van der Waals surface area contributed by atoms with Gasteiger partial charge in [-0.1, -0.05) is 0 Å². The Labute approximate surface area is 84.5 Å². The zero-order valence-electron chi connectivity index (χ0n) is 8.04. The van der Waals surface area contributed by atoms with Gasteiger partial charge in [0.1, 0.15) is 0 Å². The van der Waals surface area contributed by atoms with Crippen molar-refractivity contribution in [1.82, 2.24) is 5.32 Å². The standard InChI is InChI=1S/C10H19NOS/c12-10-3-1-2-9(10)11-6-8-4-5-13-7-8/h8-12H,1-7H2/t8?,9-,10-/m0/s1. The van der Waals surface area contributed by atoms with Crippen LogP contribution in [-0.2, 0) is 0 Å². The second-order valence-electron chi connectivity index (χ2n) is 4.24. The van der Waals surface area contributed by atoms with Crippen LogP contribution in [0.3, 0.4) is 0 Å². The fourth-order valence-corrected chi connectivity index (χ4v) is 3.53. The van der Waals surface area contributed by atoms with Crippen molar-refractivity contribution in [1.29, 1.82) is 0 Å². The highest BCUT2D eigenvalue weighted by Gasteiger charge is 2.25. The summed E-state index contributed by atoms with van der Waals surface area (Å²) >= 11 is 2.06. The summed E-state index contributed by atoms with van der Waals surface area (Å²) in [4.78, 5) is 0. The number of hydrogen-bond acceptors (Lipinski definition) is 3. The third-order valence-electron chi connectivity index (χ3n) is 3.17. The van der Waals surface area contributed by atoms with Gasteiger partial charge < -0.3 is 10.4 Å². The molecule has 1 heterocycles. The van der Waals surface area contributed by atoms with Crippen LogP contribution in [0.25, 0.3) is 0 Å². The molecule has 0 bridgehead atoms. The van der Waals surface area contributed by atoms with Gasteiger partial charge in [-0.3, -0.25) is 0 Å². The van der Waals surface area contributed by atoms with E-state index in [9.17, 15) is 5.11 Å². The first-order chi connectivity index (χ1) is 6.36. The lowest BCUT2D eigenvalue weighted by Crippen LogP contribution is -2.38. The van der Waals surface area contributed by atoms with E-state index in [0.29, 0.717) is 6.04 Å². The molecule has 0 aromatic carbocycles. The van der Waals surface area contributed by atoms with Crippen molar-refractivity contribution in [3.63, 3.8) is 0 Å². The first kappa shape index (κ1) is 9.81. The van der Waals surface area contributed by atoms with Gasteiger partial charge in [-0.05, 0) is 49.7 Å². The number of nitrogens with one attached hydrogen (secondary N) is 1. The maximum Gasteiger partial charge on any atom is 0.0693 e. The molecule has 0 spiro atoms. The molecule has 1 saturated carbocycles. The second-order valence-corrected chi connectivity index (χ2v) is 5.39. The molecule has 76 valence electrons. The van der Waals surface area contributed by atoms with Gasteiger partial charge in [0, 0.05) is 6.04 Å². The van der Waals surface area contributed by atoms with Gasteiger partial charge in [-0.25, -0.2) is 0 Å².